The Morgan fingerprint density at radius 2 is 1.65 bits per heavy atom. The molecular formula is C22H25NO3. The maximum Gasteiger partial charge on any atom is 0.238 e. The van der Waals surface area contributed by atoms with Gasteiger partial charge in [0.2, 0.25) is 11.8 Å². The van der Waals surface area contributed by atoms with Crippen LogP contribution in [0.3, 0.4) is 0 Å². The van der Waals surface area contributed by atoms with E-state index in [4.69, 9.17) is 4.74 Å². The van der Waals surface area contributed by atoms with Gasteiger partial charge in [-0.2, -0.15) is 0 Å². The molecule has 0 N–H and O–H groups in total. The Kier molecular flexibility index (Phi) is 5.12. The van der Waals surface area contributed by atoms with Gasteiger partial charge in [0.1, 0.15) is 5.75 Å². The number of imide groups is 1. The van der Waals surface area contributed by atoms with Crippen LogP contribution in [0.1, 0.15) is 30.5 Å². The SMILES string of the molecule is CCOc1ccc(N2C(=O)C(C)C(Cc3ccc(C)c(C)c3)C2=O)cc1. The zero-order valence-electron chi connectivity index (χ0n) is 15.8. The first-order valence-corrected chi connectivity index (χ1v) is 9.09. The third kappa shape index (κ3) is 3.36. The van der Waals surface area contributed by atoms with Gasteiger partial charge in [0.15, 0.2) is 0 Å². The van der Waals surface area contributed by atoms with Crippen molar-refractivity contribution in [1.29, 1.82) is 0 Å². The maximum absolute atomic E-state index is 13.0. The molecule has 136 valence electrons. The van der Waals surface area contributed by atoms with E-state index in [1.165, 1.54) is 16.0 Å². The highest BCUT2D eigenvalue weighted by Gasteiger charge is 2.45. The molecule has 4 heteroatoms. The molecule has 0 spiro atoms. The summed E-state index contributed by atoms with van der Waals surface area (Å²) in [5, 5.41) is 0. The summed E-state index contributed by atoms with van der Waals surface area (Å²) in [4.78, 5) is 27.0. The van der Waals surface area contributed by atoms with Crippen molar-refractivity contribution >= 4 is 17.5 Å². The number of amides is 2. The van der Waals surface area contributed by atoms with Crippen LogP contribution in [0, 0.1) is 25.7 Å². The monoisotopic (exact) mass is 351 g/mol. The molecule has 0 saturated carbocycles. The molecule has 0 bridgehead atoms. The summed E-state index contributed by atoms with van der Waals surface area (Å²) in [7, 11) is 0. The van der Waals surface area contributed by atoms with Gasteiger partial charge < -0.3 is 4.74 Å². The molecule has 2 amide bonds. The fourth-order valence-electron chi connectivity index (χ4n) is 3.43. The molecule has 26 heavy (non-hydrogen) atoms. The number of carbonyl (C=O) groups is 2. The number of carbonyl (C=O) groups excluding carboxylic acids is 2. The summed E-state index contributed by atoms with van der Waals surface area (Å²) in [5.74, 6) is -0.167. The minimum absolute atomic E-state index is 0.120. The smallest absolute Gasteiger partial charge is 0.238 e. The highest BCUT2D eigenvalue weighted by atomic mass is 16.5. The number of ether oxygens (including phenoxy) is 1. The molecule has 3 rings (SSSR count). The van der Waals surface area contributed by atoms with Crippen LogP contribution >= 0.6 is 0 Å². The molecule has 1 fully saturated rings. The van der Waals surface area contributed by atoms with Gasteiger partial charge in [0.05, 0.1) is 18.2 Å². The Bertz CT molecular complexity index is 826. The van der Waals surface area contributed by atoms with Crippen LogP contribution < -0.4 is 9.64 Å². The Morgan fingerprint density at radius 1 is 0.962 bits per heavy atom. The lowest BCUT2D eigenvalue weighted by Gasteiger charge is -2.16. The van der Waals surface area contributed by atoms with E-state index in [1.54, 1.807) is 24.3 Å². The van der Waals surface area contributed by atoms with Crippen LogP contribution in [-0.4, -0.2) is 18.4 Å². The Balaban J connectivity index is 1.82. The molecule has 0 radical (unpaired) electrons. The molecule has 2 unspecified atom stereocenters. The first-order valence-electron chi connectivity index (χ1n) is 9.09. The minimum Gasteiger partial charge on any atom is -0.494 e. The Morgan fingerprint density at radius 3 is 2.27 bits per heavy atom. The maximum atomic E-state index is 13.0. The summed E-state index contributed by atoms with van der Waals surface area (Å²) < 4.78 is 5.43. The summed E-state index contributed by atoms with van der Waals surface area (Å²) in [6.07, 6.45) is 0.584. The van der Waals surface area contributed by atoms with E-state index in [2.05, 4.69) is 26.0 Å². The quantitative estimate of drug-likeness (QED) is 0.763. The number of nitrogens with zero attached hydrogens (tertiary/aromatic N) is 1. The van der Waals surface area contributed by atoms with E-state index in [-0.39, 0.29) is 23.7 Å². The fraction of sp³-hybridized carbons (Fsp3) is 0.364. The number of rotatable bonds is 5. The van der Waals surface area contributed by atoms with Gasteiger partial charge in [-0.15, -0.1) is 0 Å². The molecule has 1 heterocycles. The molecule has 4 nitrogen and oxygen atoms in total. The van der Waals surface area contributed by atoms with Crippen molar-refractivity contribution in [3.63, 3.8) is 0 Å². The zero-order chi connectivity index (χ0) is 18.8. The van der Waals surface area contributed by atoms with Gasteiger partial charge in [0, 0.05) is 5.92 Å². The summed E-state index contributed by atoms with van der Waals surface area (Å²) in [6, 6.07) is 13.4. The van der Waals surface area contributed by atoms with Gasteiger partial charge in [0.25, 0.3) is 0 Å². The fourth-order valence-corrected chi connectivity index (χ4v) is 3.43. The van der Waals surface area contributed by atoms with Crippen LogP contribution in [-0.2, 0) is 16.0 Å². The van der Waals surface area contributed by atoms with E-state index < -0.39 is 0 Å². The van der Waals surface area contributed by atoms with E-state index in [0.717, 1.165) is 11.3 Å². The summed E-state index contributed by atoms with van der Waals surface area (Å²) in [6.45, 7) is 8.48. The molecular weight excluding hydrogens is 326 g/mol. The first kappa shape index (κ1) is 18.2. The second-order valence-corrected chi connectivity index (χ2v) is 6.96. The minimum atomic E-state index is -0.323. The van der Waals surface area contributed by atoms with Crippen molar-refractivity contribution in [3.8, 4) is 5.75 Å². The molecule has 0 aromatic heterocycles. The second kappa shape index (κ2) is 7.32. The largest absolute Gasteiger partial charge is 0.494 e. The highest BCUT2D eigenvalue weighted by molar-refractivity contribution is 6.22. The third-order valence-electron chi connectivity index (χ3n) is 5.18. The number of hydrogen-bond donors (Lipinski definition) is 0. The normalized spacial score (nSPS) is 19.9. The van der Waals surface area contributed by atoms with Crippen molar-refractivity contribution in [2.45, 2.75) is 34.1 Å². The zero-order valence-corrected chi connectivity index (χ0v) is 15.8. The lowest BCUT2D eigenvalue weighted by Crippen LogP contribution is -2.31. The van der Waals surface area contributed by atoms with Crippen LogP contribution in [0.4, 0.5) is 5.69 Å². The predicted molar refractivity (Wildman–Crippen MR) is 102 cm³/mol. The van der Waals surface area contributed by atoms with Crippen molar-refractivity contribution in [2.75, 3.05) is 11.5 Å². The van der Waals surface area contributed by atoms with Crippen LogP contribution in [0.2, 0.25) is 0 Å². The van der Waals surface area contributed by atoms with Crippen molar-refractivity contribution < 1.29 is 14.3 Å². The number of hydrogen-bond acceptors (Lipinski definition) is 3. The van der Waals surface area contributed by atoms with E-state index in [0.29, 0.717) is 18.7 Å². The standard InChI is InChI=1S/C22H25NO3/c1-5-26-19-10-8-18(9-11-19)23-21(24)16(4)20(22(23)25)13-17-7-6-14(2)15(3)12-17/h6-12,16,20H,5,13H2,1-4H3. The van der Waals surface area contributed by atoms with E-state index in [1.807, 2.05) is 19.9 Å². The molecule has 1 aliphatic heterocycles. The van der Waals surface area contributed by atoms with E-state index >= 15 is 0 Å². The molecule has 2 atom stereocenters. The Labute approximate surface area is 154 Å². The predicted octanol–water partition coefficient (Wildman–Crippen LogP) is 4.07. The number of aryl methyl sites for hydroxylation is 2. The molecule has 1 aliphatic rings. The van der Waals surface area contributed by atoms with Crippen molar-refractivity contribution in [1.82, 2.24) is 0 Å². The molecule has 1 saturated heterocycles. The Hall–Kier alpha value is -2.62. The van der Waals surface area contributed by atoms with E-state index in [9.17, 15) is 9.59 Å². The van der Waals surface area contributed by atoms with Crippen LogP contribution in [0.5, 0.6) is 5.75 Å². The number of benzene rings is 2. The second-order valence-electron chi connectivity index (χ2n) is 6.96. The summed E-state index contributed by atoms with van der Waals surface area (Å²) >= 11 is 0. The van der Waals surface area contributed by atoms with Crippen molar-refractivity contribution in [2.24, 2.45) is 11.8 Å². The lowest BCUT2D eigenvalue weighted by atomic mass is 9.89. The third-order valence-corrected chi connectivity index (χ3v) is 5.18. The molecule has 0 aliphatic carbocycles. The summed E-state index contributed by atoms with van der Waals surface area (Å²) in [5.41, 5.74) is 4.14. The lowest BCUT2D eigenvalue weighted by molar-refractivity contribution is -0.122. The van der Waals surface area contributed by atoms with Gasteiger partial charge >= 0.3 is 0 Å². The molecule has 2 aromatic rings. The highest BCUT2D eigenvalue weighted by Crippen LogP contribution is 2.34. The average molecular weight is 351 g/mol. The average Bonchev–Trinajstić information content (AvgIpc) is 2.83. The first-order chi connectivity index (χ1) is 12.4. The van der Waals surface area contributed by atoms with Crippen LogP contribution in [0.15, 0.2) is 42.5 Å². The van der Waals surface area contributed by atoms with Gasteiger partial charge in [-0.1, -0.05) is 25.1 Å². The van der Waals surface area contributed by atoms with Gasteiger partial charge in [-0.3, -0.25) is 14.5 Å². The topological polar surface area (TPSA) is 46.6 Å². The van der Waals surface area contributed by atoms with Gasteiger partial charge in [-0.25, -0.2) is 0 Å². The van der Waals surface area contributed by atoms with Crippen LogP contribution in [0.25, 0.3) is 0 Å². The van der Waals surface area contributed by atoms with Crippen molar-refractivity contribution in [3.05, 3.63) is 59.2 Å². The molecule has 2 aromatic carbocycles. The van der Waals surface area contributed by atoms with Gasteiger partial charge in [-0.05, 0) is 68.1 Å². The number of anilines is 1.